The van der Waals surface area contributed by atoms with Crippen LogP contribution >= 0.6 is 0 Å². The molecule has 4 aliphatic rings. The highest BCUT2D eigenvalue weighted by Crippen LogP contribution is 2.71. The number of nitrogens with zero attached hydrogens (tertiary/aromatic N) is 2. The van der Waals surface area contributed by atoms with E-state index in [9.17, 15) is 20.1 Å². The summed E-state index contributed by atoms with van der Waals surface area (Å²) in [5.74, 6) is -0.295. The first-order valence-electron chi connectivity index (χ1n) is 11.8. The molecule has 33 heavy (non-hydrogen) atoms. The van der Waals surface area contributed by atoms with Crippen molar-refractivity contribution in [1.29, 1.82) is 0 Å². The summed E-state index contributed by atoms with van der Waals surface area (Å²) in [7, 11) is 0. The van der Waals surface area contributed by atoms with Crippen molar-refractivity contribution >= 4 is 5.78 Å². The summed E-state index contributed by atoms with van der Waals surface area (Å²) >= 11 is 0. The number of aliphatic hydroxyl groups excluding tert-OH is 2. The lowest BCUT2D eigenvalue weighted by atomic mass is 9.59. The molecule has 2 fully saturated rings. The van der Waals surface area contributed by atoms with Crippen LogP contribution in [0.25, 0.3) is 0 Å². The molecule has 2 saturated carbocycles. The number of carbonyl (C=O) groups is 1. The summed E-state index contributed by atoms with van der Waals surface area (Å²) in [5.41, 5.74) is -2.33. The highest BCUT2D eigenvalue weighted by molar-refractivity contribution is 5.95. The van der Waals surface area contributed by atoms with Crippen LogP contribution in [0.5, 0.6) is 6.01 Å². The van der Waals surface area contributed by atoms with Crippen LogP contribution in [0.3, 0.4) is 0 Å². The van der Waals surface area contributed by atoms with Gasteiger partial charge < -0.3 is 20.1 Å². The Hall–Kier alpha value is -2.22. The summed E-state index contributed by atoms with van der Waals surface area (Å²) in [6.07, 6.45) is 6.95. The van der Waals surface area contributed by atoms with Gasteiger partial charge in [0.1, 0.15) is 6.10 Å². The number of aliphatic hydroxyl groups is 3. The van der Waals surface area contributed by atoms with Crippen molar-refractivity contribution in [3.8, 4) is 6.01 Å². The minimum Gasteiger partial charge on any atom is -0.454 e. The lowest BCUT2D eigenvalue weighted by molar-refractivity contribution is -0.186. The first kappa shape index (κ1) is 22.6. The molecule has 1 aromatic heterocycles. The number of hydrogen-bond donors (Lipinski definition) is 3. The number of fused-ring (bicyclic) bond motifs is 3. The van der Waals surface area contributed by atoms with Crippen LogP contribution < -0.4 is 4.74 Å². The van der Waals surface area contributed by atoms with Gasteiger partial charge in [0.15, 0.2) is 17.5 Å². The highest BCUT2D eigenvalue weighted by Gasteiger charge is 2.76. The normalized spacial score (nSPS) is 42.9. The Morgan fingerprint density at radius 2 is 2.12 bits per heavy atom. The van der Waals surface area contributed by atoms with E-state index < -0.39 is 35.7 Å². The van der Waals surface area contributed by atoms with Gasteiger partial charge in [-0.1, -0.05) is 39.0 Å². The van der Waals surface area contributed by atoms with Gasteiger partial charge in [-0.05, 0) is 47.7 Å². The van der Waals surface area contributed by atoms with Crippen LogP contribution in [0.1, 0.15) is 34.1 Å². The molecule has 0 radical (unpaired) electrons. The molecule has 1 heterocycles. The maximum Gasteiger partial charge on any atom is 0.297 e. The molecule has 1 unspecified atom stereocenters. The van der Waals surface area contributed by atoms with Crippen molar-refractivity contribution in [2.75, 3.05) is 6.61 Å². The number of carbonyl (C=O) groups excluding carboxylic acids is 1. The number of rotatable bonds is 5. The third kappa shape index (κ3) is 2.67. The summed E-state index contributed by atoms with van der Waals surface area (Å²) in [6, 6.07) is 0.276. The Balaban J connectivity index is 1.67. The lowest BCUT2D eigenvalue weighted by Gasteiger charge is -2.48. The quantitative estimate of drug-likeness (QED) is 0.590. The van der Waals surface area contributed by atoms with E-state index in [1.807, 2.05) is 19.9 Å². The van der Waals surface area contributed by atoms with Gasteiger partial charge in [-0.2, -0.15) is 0 Å². The number of allylic oxidation sites excluding steroid dienone is 2. The van der Waals surface area contributed by atoms with Gasteiger partial charge in [-0.25, -0.2) is 4.98 Å². The Bertz CT molecular complexity index is 1070. The predicted molar refractivity (Wildman–Crippen MR) is 122 cm³/mol. The highest BCUT2D eigenvalue weighted by atomic mass is 16.5. The Labute approximate surface area is 194 Å². The van der Waals surface area contributed by atoms with E-state index in [-0.39, 0.29) is 34.6 Å². The molecule has 0 saturated heterocycles. The molecule has 5 rings (SSSR count). The van der Waals surface area contributed by atoms with Gasteiger partial charge in [-0.3, -0.25) is 9.36 Å². The van der Waals surface area contributed by atoms with Crippen molar-refractivity contribution in [2.45, 2.75) is 58.5 Å². The number of Topliss-reactive ketones (excluding diaryl/α,β-unsaturated/α-hetero) is 1. The number of ketones is 1. The molecule has 1 aromatic rings. The molecule has 0 aliphatic heterocycles. The Kier molecular flexibility index (Phi) is 4.88. The van der Waals surface area contributed by atoms with E-state index in [1.165, 1.54) is 0 Å². The first-order valence-corrected chi connectivity index (χ1v) is 11.8. The summed E-state index contributed by atoms with van der Waals surface area (Å²) in [5, 5.41) is 34.2. The van der Waals surface area contributed by atoms with Crippen LogP contribution in [0, 0.1) is 34.5 Å². The molecule has 7 heteroatoms. The topological polar surface area (TPSA) is 105 Å². The van der Waals surface area contributed by atoms with Crippen LogP contribution in [-0.4, -0.2) is 55.1 Å². The van der Waals surface area contributed by atoms with Gasteiger partial charge in [0.25, 0.3) is 6.01 Å². The lowest BCUT2D eigenvalue weighted by Crippen LogP contribution is -2.66. The molecule has 8 atom stereocenters. The summed E-state index contributed by atoms with van der Waals surface area (Å²) in [6.45, 7) is 12.0. The standard InChI is InChI=1S/C26H34N2O5/c1-6-8-28-9-7-27-23(28)33-22-14(2)12-25-15(3)10-18-19(24(18,4)5)17(21(25)31)11-16(13-29)20(30)26(22,25)32/h6-7,9,11-12,15,17-20,22,29-30,32H,1,8,10,13H2,2-5H3/t15-,17+,18-,19+,20-,22+,25?,26+/m1/s1. The maximum atomic E-state index is 14.3. The van der Waals surface area contributed by atoms with Crippen molar-refractivity contribution in [3.05, 3.63) is 48.3 Å². The summed E-state index contributed by atoms with van der Waals surface area (Å²) < 4.78 is 8.02. The van der Waals surface area contributed by atoms with Gasteiger partial charge >= 0.3 is 0 Å². The van der Waals surface area contributed by atoms with E-state index >= 15 is 0 Å². The number of hydrogen-bond acceptors (Lipinski definition) is 6. The molecule has 1 spiro atoms. The molecule has 0 aromatic carbocycles. The Morgan fingerprint density at radius 3 is 2.79 bits per heavy atom. The summed E-state index contributed by atoms with van der Waals surface area (Å²) in [4.78, 5) is 18.6. The molecule has 178 valence electrons. The average molecular weight is 455 g/mol. The van der Waals surface area contributed by atoms with Crippen LogP contribution in [0.2, 0.25) is 0 Å². The monoisotopic (exact) mass is 454 g/mol. The molecule has 3 N–H and O–H groups in total. The zero-order chi connectivity index (χ0) is 23.9. The molecule has 7 nitrogen and oxygen atoms in total. The average Bonchev–Trinajstić information content (AvgIpc) is 3.04. The molecular weight excluding hydrogens is 420 g/mol. The predicted octanol–water partition coefficient (Wildman–Crippen LogP) is 2.28. The Morgan fingerprint density at radius 1 is 1.39 bits per heavy atom. The zero-order valence-corrected chi connectivity index (χ0v) is 19.7. The second-order valence-electron chi connectivity index (χ2n) is 11.0. The maximum absolute atomic E-state index is 14.3. The minimum atomic E-state index is -1.97. The second-order valence-corrected chi connectivity index (χ2v) is 11.0. The number of imidazole rings is 1. The molecule has 2 bridgehead atoms. The SMILES string of the molecule is C=CCn1ccnc1O[C@H]1C(C)=CC23C(=O)[C@@H](C=C(CO)[C@@H](O)[C@]12O)[C@H]1[C@@H](C[C@H]3C)C1(C)C. The first-order chi connectivity index (χ1) is 15.5. The third-order valence-electron chi connectivity index (χ3n) is 9.12. The molecule has 4 aliphatic carbocycles. The van der Waals surface area contributed by atoms with Gasteiger partial charge in [0, 0.05) is 24.9 Å². The van der Waals surface area contributed by atoms with Crippen molar-refractivity contribution < 1.29 is 24.9 Å². The molecular formula is C26H34N2O5. The number of ether oxygens (including phenoxy) is 1. The smallest absolute Gasteiger partial charge is 0.297 e. The van der Waals surface area contributed by atoms with Crippen molar-refractivity contribution in [2.24, 2.45) is 34.5 Å². The fraction of sp³-hybridized carbons (Fsp3) is 0.615. The van der Waals surface area contributed by atoms with Gasteiger partial charge in [0.05, 0.1) is 12.0 Å². The fourth-order valence-electron chi connectivity index (χ4n) is 7.39. The van der Waals surface area contributed by atoms with Crippen LogP contribution in [-0.2, 0) is 11.3 Å². The van der Waals surface area contributed by atoms with E-state index in [1.54, 1.807) is 29.1 Å². The number of aromatic nitrogens is 2. The van der Waals surface area contributed by atoms with E-state index in [4.69, 9.17) is 4.74 Å². The second kappa shape index (κ2) is 7.14. The van der Waals surface area contributed by atoms with E-state index in [0.717, 1.165) is 6.42 Å². The minimum absolute atomic E-state index is 0.00335. The third-order valence-corrected chi connectivity index (χ3v) is 9.12. The van der Waals surface area contributed by atoms with Gasteiger partial charge in [-0.15, -0.1) is 6.58 Å². The van der Waals surface area contributed by atoms with Gasteiger partial charge in [0.2, 0.25) is 0 Å². The van der Waals surface area contributed by atoms with Crippen LogP contribution in [0.4, 0.5) is 0 Å². The molecule has 0 amide bonds. The van der Waals surface area contributed by atoms with Crippen LogP contribution in [0.15, 0.2) is 48.3 Å². The van der Waals surface area contributed by atoms with E-state index in [2.05, 4.69) is 25.4 Å². The van der Waals surface area contributed by atoms with E-state index in [0.29, 0.717) is 18.0 Å². The zero-order valence-electron chi connectivity index (χ0n) is 19.7. The van der Waals surface area contributed by atoms with Crippen molar-refractivity contribution in [1.82, 2.24) is 9.55 Å². The largest absolute Gasteiger partial charge is 0.454 e. The fourth-order valence-corrected chi connectivity index (χ4v) is 7.39. The van der Waals surface area contributed by atoms with Crippen molar-refractivity contribution in [3.63, 3.8) is 0 Å².